The maximum atomic E-state index is 2.55. The van der Waals surface area contributed by atoms with Gasteiger partial charge in [0, 0.05) is 5.41 Å². The summed E-state index contributed by atoms with van der Waals surface area (Å²) in [4.78, 5) is 0. The van der Waals surface area contributed by atoms with Crippen LogP contribution in [0.2, 0.25) is 0 Å². The zero-order valence-electron chi connectivity index (χ0n) is 17.5. The van der Waals surface area contributed by atoms with Gasteiger partial charge < -0.3 is 0 Å². The Morgan fingerprint density at radius 2 is 1.25 bits per heavy atom. The Bertz CT molecular complexity index is 666. The van der Waals surface area contributed by atoms with E-state index in [0.29, 0.717) is 0 Å². The van der Waals surface area contributed by atoms with Crippen molar-refractivity contribution in [2.24, 2.45) is 11.3 Å². The smallest absolute Gasteiger partial charge is 0.00957 e. The van der Waals surface area contributed by atoms with Crippen LogP contribution in [0.4, 0.5) is 0 Å². The molecule has 1 aliphatic rings. The van der Waals surface area contributed by atoms with Gasteiger partial charge in [0.25, 0.3) is 0 Å². The topological polar surface area (TPSA) is 0 Å². The normalized spacial score (nSPS) is 18.3. The van der Waals surface area contributed by atoms with Crippen LogP contribution in [-0.2, 0) is 0 Å². The Morgan fingerprint density at radius 1 is 0.750 bits per heavy atom. The second-order valence-corrected chi connectivity index (χ2v) is 8.39. The minimum absolute atomic E-state index is 0.159. The fraction of sp³-hybridized carbons (Fsp3) is 0.429. The molecule has 1 aliphatic carbocycles. The van der Waals surface area contributed by atoms with Crippen LogP contribution >= 0.6 is 0 Å². The summed E-state index contributed by atoms with van der Waals surface area (Å²) < 4.78 is 0. The van der Waals surface area contributed by atoms with E-state index in [2.05, 4.69) is 91.9 Å². The molecule has 1 saturated carbocycles. The predicted molar refractivity (Wildman–Crippen MR) is 124 cm³/mol. The maximum absolute atomic E-state index is 2.55. The summed E-state index contributed by atoms with van der Waals surface area (Å²) in [7, 11) is 0. The first-order valence-corrected chi connectivity index (χ1v) is 11.3. The highest BCUT2D eigenvalue weighted by Gasteiger charge is 2.33. The molecule has 1 fully saturated rings. The van der Waals surface area contributed by atoms with Crippen LogP contribution in [0, 0.1) is 11.3 Å². The van der Waals surface area contributed by atoms with Crippen molar-refractivity contribution in [1.82, 2.24) is 0 Å². The van der Waals surface area contributed by atoms with Gasteiger partial charge in [-0.3, -0.25) is 0 Å². The summed E-state index contributed by atoms with van der Waals surface area (Å²) in [6.45, 7) is 2.32. The Labute approximate surface area is 172 Å². The molecular weight excluding hydrogens is 336 g/mol. The van der Waals surface area contributed by atoms with Gasteiger partial charge in [-0.15, -0.1) is 0 Å². The highest BCUT2D eigenvalue weighted by Crippen LogP contribution is 2.45. The molecule has 0 unspecified atom stereocenters. The zero-order valence-corrected chi connectivity index (χ0v) is 17.5. The molecule has 0 bridgehead atoms. The fourth-order valence-corrected chi connectivity index (χ4v) is 4.63. The Hall–Kier alpha value is -2.08. The lowest BCUT2D eigenvalue weighted by Gasteiger charge is -2.36. The van der Waals surface area contributed by atoms with E-state index in [-0.39, 0.29) is 5.41 Å². The Morgan fingerprint density at radius 3 is 1.71 bits per heavy atom. The summed E-state index contributed by atoms with van der Waals surface area (Å²) >= 11 is 0. The van der Waals surface area contributed by atoms with Crippen molar-refractivity contribution in [2.75, 3.05) is 0 Å². The summed E-state index contributed by atoms with van der Waals surface area (Å²) in [5, 5.41) is 0. The lowest BCUT2D eigenvalue weighted by atomic mass is 9.68. The fourth-order valence-electron chi connectivity index (χ4n) is 4.63. The van der Waals surface area contributed by atoms with Gasteiger partial charge >= 0.3 is 0 Å². The van der Waals surface area contributed by atoms with Crippen LogP contribution < -0.4 is 0 Å². The molecule has 0 N–H and O–H groups in total. The number of hydrogen-bond acceptors (Lipinski definition) is 0. The SMILES string of the molecule is CCCCC(C=Cc1ccccc1)(C=Cc1ccccc1)C1CCCCCC1. The number of benzene rings is 2. The van der Waals surface area contributed by atoms with Crippen molar-refractivity contribution in [2.45, 2.75) is 64.7 Å². The van der Waals surface area contributed by atoms with Crippen molar-refractivity contribution in [3.63, 3.8) is 0 Å². The zero-order chi connectivity index (χ0) is 19.5. The highest BCUT2D eigenvalue weighted by atomic mass is 14.4. The molecule has 0 radical (unpaired) electrons. The van der Waals surface area contributed by atoms with E-state index in [9.17, 15) is 0 Å². The first-order valence-electron chi connectivity index (χ1n) is 11.3. The lowest BCUT2D eigenvalue weighted by Crippen LogP contribution is -2.26. The van der Waals surface area contributed by atoms with E-state index in [4.69, 9.17) is 0 Å². The standard InChI is InChI=1S/C28H36/c1-2-3-22-28(27-18-12-4-5-13-19-27,23-20-25-14-8-6-9-15-25)24-21-26-16-10-7-11-17-26/h6-11,14-17,20-21,23-24,27H,2-5,12-13,18-19,22H2,1H3. The number of rotatable bonds is 8. The summed E-state index contributed by atoms with van der Waals surface area (Å²) in [5.74, 6) is 0.751. The van der Waals surface area contributed by atoms with Gasteiger partial charge in [-0.1, -0.05) is 130 Å². The maximum Gasteiger partial charge on any atom is 0.00957 e. The molecular formula is C28H36. The average molecular weight is 373 g/mol. The highest BCUT2D eigenvalue weighted by molar-refractivity contribution is 5.54. The molecule has 28 heavy (non-hydrogen) atoms. The van der Waals surface area contributed by atoms with Crippen LogP contribution in [0.5, 0.6) is 0 Å². The molecule has 0 saturated heterocycles. The second-order valence-electron chi connectivity index (χ2n) is 8.39. The number of unbranched alkanes of at least 4 members (excludes halogenated alkanes) is 1. The first kappa shape index (κ1) is 20.6. The van der Waals surface area contributed by atoms with Gasteiger partial charge in [-0.05, 0) is 36.3 Å². The third-order valence-electron chi connectivity index (χ3n) is 6.35. The minimum atomic E-state index is 0.159. The lowest BCUT2D eigenvalue weighted by molar-refractivity contribution is 0.244. The quantitative estimate of drug-likeness (QED) is 0.407. The molecule has 0 heterocycles. The molecule has 0 nitrogen and oxygen atoms in total. The van der Waals surface area contributed by atoms with Crippen LogP contribution in [0.15, 0.2) is 72.8 Å². The van der Waals surface area contributed by atoms with Crippen molar-refractivity contribution < 1.29 is 0 Å². The second kappa shape index (κ2) is 11.1. The molecule has 0 heteroatoms. The van der Waals surface area contributed by atoms with E-state index < -0.39 is 0 Å². The third kappa shape index (κ3) is 5.96. The van der Waals surface area contributed by atoms with Gasteiger partial charge in [-0.25, -0.2) is 0 Å². The van der Waals surface area contributed by atoms with Crippen LogP contribution in [-0.4, -0.2) is 0 Å². The number of allylic oxidation sites excluding steroid dienone is 2. The minimum Gasteiger partial charge on any atom is -0.0737 e. The molecule has 0 aromatic heterocycles. The third-order valence-corrected chi connectivity index (χ3v) is 6.35. The molecule has 0 atom stereocenters. The summed E-state index contributed by atoms with van der Waals surface area (Å²) in [6.07, 6.45) is 21.9. The van der Waals surface area contributed by atoms with Crippen molar-refractivity contribution in [3.05, 3.63) is 83.9 Å². The molecule has 148 valence electrons. The van der Waals surface area contributed by atoms with Gasteiger partial charge in [0.05, 0.1) is 0 Å². The average Bonchev–Trinajstić information content (AvgIpc) is 3.05. The van der Waals surface area contributed by atoms with E-state index in [1.165, 1.54) is 68.9 Å². The summed E-state index contributed by atoms with van der Waals surface area (Å²) in [6, 6.07) is 21.6. The van der Waals surface area contributed by atoms with Crippen LogP contribution in [0.1, 0.15) is 75.8 Å². The van der Waals surface area contributed by atoms with E-state index in [1.807, 2.05) is 0 Å². The van der Waals surface area contributed by atoms with Crippen LogP contribution in [0.25, 0.3) is 12.2 Å². The Kier molecular flexibility index (Phi) is 8.15. The predicted octanol–water partition coefficient (Wildman–Crippen LogP) is 8.56. The van der Waals surface area contributed by atoms with Crippen molar-refractivity contribution in [3.8, 4) is 0 Å². The van der Waals surface area contributed by atoms with Gasteiger partial charge in [0.15, 0.2) is 0 Å². The van der Waals surface area contributed by atoms with Crippen molar-refractivity contribution in [1.29, 1.82) is 0 Å². The van der Waals surface area contributed by atoms with Gasteiger partial charge in [-0.2, -0.15) is 0 Å². The molecule has 0 aliphatic heterocycles. The molecule has 2 aromatic carbocycles. The molecule has 3 rings (SSSR count). The van der Waals surface area contributed by atoms with E-state index in [1.54, 1.807) is 0 Å². The monoisotopic (exact) mass is 372 g/mol. The Balaban J connectivity index is 1.96. The van der Waals surface area contributed by atoms with Crippen molar-refractivity contribution >= 4 is 12.2 Å². The van der Waals surface area contributed by atoms with Crippen LogP contribution in [0.3, 0.4) is 0 Å². The van der Waals surface area contributed by atoms with Gasteiger partial charge in [0.1, 0.15) is 0 Å². The van der Waals surface area contributed by atoms with E-state index in [0.717, 1.165) is 5.92 Å². The first-order chi connectivity index (χ1) is 13.8. The largest absolute Gasteiger partial charge is 0.0737 e. The molecule has 2 aromatic rings. The molecule has 0 amide bonds. The van der Waals surface area contributed by atoms with Gasteiger partial charge in [0.2, 0.25) is 0 Å². The van der Waals surface area contributed by atoms with E-state index >= 15 is 0 Å². The molecule has 0 spiro atoms. The number of hydrogen-bond donors (Lipinski definition) is 0. The summed E-state index contributed by atoms with van der Waals surface area (Å²) in [5.41, 5.74) is 2.78.